The molecule has 3 unspecified atom stereocenters. The van der Waals surface area contributed by atoms with Gasteiger partial charge in [-0.25, -0.2) is 0 Å². The molecule has 0 aromatic heterocycles. The predicted molar refractivity (Wildman–Crippen MR) is 97.1 cm³/mol. The van der Waals surface area contributed by atoms with Gasteiger partial charge in [0.1, 0.15) is 5.84 Å². The molecule has 0 bridgehead atoms. The van der Waals surface area contributed by atoms with Gasteiger partial charge in [0.25, 0.3) is 0 Å². The third kappa shape index (κ3) is 4.09. The molecule has 2 heterocycles. The van der Waals surface area contributed by atoms with Crippen LogP contribution in [-0.4, -0.2) is 29.9 Å². The second-order valence-corrected chi connectivity index (χ2v) is 6.11. The van der Waals surface area contributed by atoms with Gasteiger partial charge in [0.15, 0.2) is 0 Å². The van der Waals surface area contributed by atoms with Crippen LogP contribution in [0.3, 0.4) is 0 Å². The van der Waals surface area contributed by atoms with E-state index in [4.69, 9.17) is 4.99 Å². The largest absolute Gasteiger partial charge is 0.358 e. The average molecular weight is 296 g/mol. The van der Waals surface area contributed by atoms with Gasteiger partial charge in [0.05, 0.1) is 6.04 Å². The van der Waals surface area contributed by atoms with Crippen LogP contribution in [0.4, 0.5) is 0 Å². The molecular weight excluding hydrogens is 268 g/mol. The minimum absolute atomic E-state index is 0.353. The summed E-state index contributed by atoms with van der Waals surface area (Å²) in [7, 11) is 0. The first kappa shape index (κ1) is 16.5. The Bertz CT molecular complexity index is 522. The molecule has 2 aliphatic heterocycles. The van der Waals surface area contributed by atoms with Crippen molar-refractivity contribution >= 4 is 5.84 Å². The maximum absolute atomic E-state index is 4.87. The van der Waals surface area contributed by atoms with Crippen molar-refractivity contribution in [2.45, 2.75) is 32.7 Å². The van der Waals surface area contributed by atoms with Crippen molar-refractivity contribution in [2.24, 2.45) is 16.8 Å². The van der Waals surface area contributed by atoms with Crippen molar-refractivity contribution in [1.82, 2.24) is 4.90 Å². The van der Waals surface area contributed by atoms with Crippen LogP contribution in [0.15, 0.2) is 66.3 Å². The number of hydrogen-bond acceptors (Lipinski definition) is 2. The lowest BCUT2D eigenvalue weighted by molar-refractivity contribution is 0.254. The lowest BCUT2D eigenvalue weighted by Crippen LogP contribution is -2.42. The van der Waals surface area contributed by atoms with Gasteiger partial charge >= 0.3 is 0 Å². The van der Waals surface area contributed by atoms with Gasteiger partial charge in [0, 0.05) is 19.5 Å². The standard InChI is InChI=1S/C20H28N2/c1-5-8-10-16(4)11-12-18-13-20-21-19(9-6-2)15-22(20)14-17(18)7-3/h5-6,8-12,17-19H,1,4,7,13-15H2,2-3H3/b9-6-,10-8-,12-11-. The van der Waals surface area contributed by atoms with Crippen LogP contribution < -0.4 is 0 Å². The summed E-state index contributed by atoms with van der Waals surface area (Å²) < 4.78 is 0. The highest BCUT2D eigenvalue weighted by Crippen LogP contribution is 2.32. The van der Waals surface area contributed by atoms with Gasteiger partial charge in [-0.15, -0.1) is 0 Å². The Morgan fingerprint density at radius 2 is 2.14 bits per heavy atom. The van der Waals surface area contributed by atoms with E-state index in [9.17, 15) is 0 Å². The van der Waals surface area contributed by atoms with E-state index in [1.807, 2.05) is 12.2 Å². The number of amidine groups is 1. The third-order valence-corrected chi connectivity index (χ3v) is 4.51. The van der Waals surface area contributed by atoms with Crippen LogP contribution in [0.25, 0.3) is 0 Å². The van der Waals surface area contributed by atoms with E-state index in [0.29, 0.717) is 17.9 Å². The summed E-state index contributed by atoms with van der Waals surface area (Å²) in [6.45, 7) is 14.3. The number of allylic oxidation sites excluding steroid dienone is 7. The fourth-order valence-corrected chi connectivity index (χ4v) is 3.28. The molecule has 3 atom stereocenters. The zero-order valence-electron chi connectivity index (χ0n) is 13.9. The number of nitrogens with zero attached hydrogens (tertiary/aromatic N) is 2. The molecule has 0 aliphatic carbocycles. The lowest BCUT2D eigenvalue weighted by atomic mass is 9.83. The Kier molecular flexibility index (Phi) is 6.00. The zero-order valence-corrected chi connectivity index (χ0v) is 13.9. The molecule has 0 N–H and O–H groups in total. The van der Waals surface area contributed by atoms with Gasteiger partial charge in [-0.1, -0.05) is 69.0 Å². The fraction of sp³-hybridized carbons (Fsp3) is 0.450. The second kappa shape index (κ2) is 7.98. The van der Waals surface area contributed by atoms with Crippen LogP contribution in [0, 0.1) is 11.8 Å². The van der Waals surface area contributed by atoms with Crippen molar-refractivity contribution in [3.63, 3.8) is 0 Å². The molecule has 2 rings (SSSR count). The number of fused-ring (bicyclic) bond motifs is 1. The highest BCUT2D eigenvalue weighted by atomic mass is 15.3. The van der Waals surface area contributed by atoms with E-state index < -0.39 is 0 Å². The fourth-order valence-electron chi connectivity index (χ4n) is 3.28. The number of rotatable bonds is 6. The smallest absolute Gasteiger partial charge is 0.100 e. The predicted octanol–water partition coefficient (Wildman–Crippen LogP) is 4.55. The summed E-state index contributed by atoms with van der Waals surface area (Å²) in [5.74, 6) is 2.56. The first-order chi connectivity index (χ1) is 10.7. The van der Waals surface area contributed by atoms with Crippen LogP contribution in [0.2, 0.25) is 0 Å². The van der Waals surface area contributed by atoms with Gasteiger partial charge in [0.2, 0.25) is 0 Å². The van der Waals surface area contributed by atoms with E-state index >= 15 is 0 Å². The molecular formula is C20H28N2. The maximum atomic E-state index is 4.87. The van der Waals surface area contributed by atoms with Gasteiger partial charge < -0.3 is 4.90 Å². The van der Waals surface area contributed by atoms with Gasteiger partial charge in [-0.05, 0) is 24.3 Å². The van der Waals surface area contributed by atoms with Gasteiger partial charge in [-0.3, -0.25) is 4.99 Å². The highest BCUT2D eigenvalue weighted by Gasteiger charge is 2.34. The first-order valence-electron chi connectivity index (χ1n) is 8.28. The number of aliphatic imine (C=N–C) groups is 1. The van der Waals surface area contributed by atoms with Crippen molar-refractivity contribution in [3.8, 4) is 0 Å². The Balaban J connectivity index is 2.05. The minimum atomic E-state index is 0.353. The summed E-state index contributed by atoms with van der Waals surface area (Å²) in [6, 6.07) is 0.353. The number of piperidine rings is 1. The lowest BCUT2D eigenvalue weighted by Gasteiger charge is -2.36. The Hall–Kier alpha value is -1.83. The van der Waals surface area contributed by atoms with Crippen LogP contribution in [0.1, 0.15) is 26.7 Å². The topological polar surface area (TPSA) is 15.6 Å². The molecule has 118 valence electrons. The molecule has 0 saturated carbocycles. The second-order valence-electron chi connectivity index (χ2n) is 6.11. The van der Waals surface area contributed by atoms with Crippen LogP contribution in [0.5, 0.6) is 0 Å². The molecule has 1 fully saturated rings. The monoisotopic (exact) mass is 296 g/mol. The summed E-state index contributed by atoms with van der Waals surface area (Å²) in [4.78, 5) is 7.35. The first-order valence-corrected chi connectivity index (χ1v) is 8.28. The van der Waals surface area contributed by atoms with Gasteiger partial charge in [-0.2, -0.15) is 0 Å². The van der Waals surface area contributed by atoms with Crippen LogP contribution >= 0.6 is 0 Å². The Morgan fingerprint density at radius 1 is 1.32 bits per heavy atom. The Labute approximate surface area is 135 Å². The van der Waals surface area contributed by atoms with E-state index in [1.54, 1.807) is 6.08 Å². The molecule has 0 spiro atoms. The summed E-state index contributed by atoms with van der Waals surface area (Å²) in [5, 5.41) is 0. The average Bonchev–Trinajstić information content (AvgIpc) is 2.91. The maximum Gasteiger partial charge on any atom is 0.100 e. The molecule has 0 aromatic carbocycles. The normalized spacial score (nSPS) is 28.5. The third-order valence-electron chi connectivity index (χ3n) is 4.51. The van der Waals surface area contributed by atoms with Crippen molar-refractivity contribution in [3.05, 3.63) is 61.3 Å². The molecule has 2 nitrogen and oxygen atoms in total. The Morgan fingerprint density at radius 3 is 2.82 bits per heavy atom. The molecule has 2 heteroatoms. The summed E-state index contributed by atoms with van der Waals surface area (Å²) in [5.41, 5.74) is 1.03. The van der Waals surface area contributed by atoms with E-state index in [1.165, 1.54) is 12.3 Å². The summed E-state index contributed by atoms with van der Waals surface area (Å²) in [6.07, 6.45) is 16.8. The molecule has 22 heavy (non-hydrogen) atoms. The molecule has 2 aliphatic rings. The van der Waals surface area contributed by atoms with Crippen molar-refractivity contribution in [2.75, 3.05) is 13.1 Å². The number of hydrogen-bond donors (Lipinski definition) is 0. The molecule has 0 radical (unpaired) electrons. The van der Waals surface area contributed by atoms with E-state index in [0.717, 1.165) is 25.1 Å². The minimum Gasteiger partial charge on any atom is -0.358 e. The van der Waals surface area contributed by atoms with E-state index in [2.05, 4.69) is 56.2 Å². The molecule has 1 saturated heterocycles. The molecule has 0 aromatic rings. The van der Waals surface area contributed by atoms with Crippen molar-refractivity contribution in [1.29, 1.82) is 0 Å². The van der Waals surface area contributed by atoms with E-state index in [-0.39, 0.29) is 0 Å². The van der Waals surface area contributed by atoms with Crippen molar-refractivity contribution < 1.29 is 0 Å². The molecule has 0 amide bonds. The van der Waals surface area contributed by atoms with Crippen LogP contribution in [-0.2, 0) is 0 Å². The summed E-state index contributed by atoms with van der Waals surface area (Å²) >= 11 is 0. The SMILES string of the molecule is C=C/C=C\C(=C)/C=C\C1CC2=NC(/C=C\C)CN2CC1CC. The highest BCUT2D eigenvalue weighted by molar-refractivity contribution is 5.85. The zero-order chi connectivity index (χ0) is 15.9. The quantitative estimate of drug-likeness (QED) is 0.519.